The fourth-order valence-electron chi connectivity index (χ4n) is 2.54. The Morgan fingerprint density at radius 3 is 1.84 bits per heavy atom. The van der Waals surface area contributed by atoms with Gasteiger partial charge in [0.1, 0.15) is 11.5 Å². The second-order valence-electron chi connectivity index (χ2n) is 6.38. The molecule has 2 aromatic rings. The number of carbonyl (C=O) groups is 2. The molecule has 0 saturated carbocycles. The number of benzene rings is 2. The first-order chi connectivity index (χ1) is 15.3. The van der Waals surface area contributed by atoms with Crippen LogP contribution in [0.2, 0.25) is 0 Å². The average Bonchev–Trinajstić information content (AvgIpc) is 2.74. The zero-order valence-corrected chi connectivity index (χ0v) is 18.2. The summed E-state index contributed by atoms with van der Waals surface area (Å²) in [5.41, 5.74) is 10.8. The molecule has 2 aromatic carbocycles. The minimum atomic E-state index is -0.182. The highest BCUT2D eigenvalue weighted by Crippen LogP contribution is 2.22. The quantitative estimate of drug-likeness (QED) is 0.280. The van der Waals surface area contributed by atoms with Crippen molar-refractivity contribution >= 4 is 41.6 Å². The van der Waals surface area contributed by atoms with Crippen molar-refractivity contribution in [3.05, 3.63) is 47.5 Å². The Morgan fingerprint density at radius 2 is 1.38 bits per heavy atom. The number of nitrogens with two attached hydrogens (primary N) is 1. The molecule has 32 heavy (non-hydrogen) atoms. The summed E-state index contributed by atoms with van der Waals surface area (Å²) in [5.74, 6) is 0.625. The molecule has 11 heteroatoms. The van der Waals surface area contributed by atoms with Crippen LogP contribution in [0.3, 0.4) is 0 Å². The van der Waals surface area contributed by atoms with Gasteiger partial charge in [0.2, 0.25) is 17.8 Å². The molecule has 0 saturated heterocycles. The van der Waals surface area contributed by atoms with Crippen molar-refractivity contribution in [1.29, 1.82) is 0 Å². The predicted octanol–water partition coefficient (Wildman–Crippen LogP) is 1.89. The van der Waals surface area contributed by atoms with Crippen molar-refractivity contribution in [2.75, 3.05) is 24.9 Å². The molecule has 168 valence electrons. The number of ether oxygens (including phenoxy) is 2. The number of hydrogen-bond donors (Lipinski definition) is 4. The van der Waals surface area contributed by atoms with Gasteiger partial charge in [0.05, 0.1) is 26.6 Å². The Bertz CT molecular complexity index is 1060. The molecule has 0 aliphatic carbocycles. The monoisotopic (exact) mass is 439 g/mol. The number of methoxy groups -OCH3 is 2. The number of guanidine groups is 1. The topological polar surface area (TPSA) is 152 Å². The van der Waals surface area contributed by atoms with E-state index in [-0.39, 0.29) is 17.8 Å². The zero-order chi connectivity index (χ0) is 23.5. The summed E-state index contributed by atoms with van der Waals surface area (Å²) in [6, 6.07) is 10.2. The van der Waals surface area contributed by atoms with E-state index in [1.54, 1.807) is 36.4 Å². The van der Waals surface area contributed by atoms with Crippen molar-refractivity contribution in [2.45, 2.75) is 13.8 Å². The van der Waals surface area contributed by atoms with Gasteiger partial charge in [0.25, 0.3) is 0 Å². The van der Waals surface area contributed by atoms with E-state index in [1.165, 1.54) is 40.5 Å². The first kappa shape index (κ1) is 23.9. The number of nitrogens with one attached hydrogen (secondary N) is 3. The van der Waals surface area contributed by atoms with E-state index >= 15 is 0 Å². The lowest BCUT2D eigenvalue weighted by atomic mass is 10.2. The van der Waals surface area contributed by atoms with E-state index in [1.807, 2.05) is 0 Å². The van der Waals surface area contributed by atoms with Gasteiger partial charge in [-0.1, -0.05) is 0 Å². The van der Waals surface area contributed by atoms with Crippen LogP contribution in [0.5, 0.6) is 11.5 Å². The molecule has 0 radical (unpaired) electrons. The van der Waals surface area contributed by atoms with Gasteiger partial charge in [-0.2, -0.15) is 10.2 Å². The van der Waals surface area contributed by atoms with E-state index < -0.39 is 0 Å². The lowest BCUT2D eigenvalue weighted by Gasteiger charge is -2.08. The second-order valence-corrected chi connectivity index (χ2v) is 6.38. The summed E-state index contributed by atoms with van der Waals surface area (Å²) in [7, 11) is 3.02. The minimum Gasteiger partial charge on any atom is -0.496 e. The molecule has 0 aromatic heterocycles. The summed E-state index contributed by atoms with van der Waals surface area (Å²) in [5, 5.41) is 17.1. The maximum Gasteiger partial charge on any atom is 0.234 e. The van der Waals surface area contributed by atoms with Crippen LogP contribution in [0, 0.1) is 0 Å². The van der Waals surface area contributed by atoms with Crippen molar-refractivity contribution in [2.24, 2.45) is 21.0 Å². The number of anilines is 2. The van der Waals surface area contributed by atoms with Crippen LogP contribution in [-0.4, -0.2) is 44.4 Å². The molecule has 0 fully saturated rings. The average molecular weight is 439 g/mol. The van der Waals surface area contributed by atoms with Gasteiger partial charge in [-0.05, 0) is 24.3 Å². The second kappa shape index (κ2) is 11.7. The minimum absolute atomic E-state index is 0.0415. The van der Waals surface area contributed by atoms with E-state index in [9.17, 15) is 9.59 Å². The van der Waals surface area contributed by atoms with Crippen molar-refractivity contribution in [3.8, 4) is 11.5 Å². The summed E-state index contributed by atoms with van der Waals surface area (Å²) in [4.78, 5) is 22.3. The SMILES string of the molecule is COc1cc(NC(C)=O)ccc1/C=N/N=C(N)N/N=C/c1ccc(NC(C)=O)cc1OC. The molecule has 2 rings (SSSR count). The summed E-state index contributed by atoms with van der Waals surface area (Å²) in [6.45, 7) is 2.85. The van der Waals surface area contributed by atoms with Crippen molar-refractivity contribution in [1.82, 2.24) is 5.43 Å². The van der Waals surface area contributed by atoms with Gasteiger partial charge in [0, 0.05) is 48.5 Å². The van der Waals surface area contributed by atoms with Crippen LogP contribution < -0.4 is 31.3 Å². The zero-order valence-electron chi connectivity index (χ0n) is 18.2. The van der Waals surface area contributed by atoms with Crippen LogP contribution in [0.25, 0.3) is 0 Å². The maximum atomic E-state index is 11.2. The van der Waals surface area contributed by atoms with Gasteiger partial charge >= 0.3 is 0 Å². The Kier molecular flexibility index (Phi) is 8.72. The number of rotatable bonds is 8. The van der Waals surface area contributed by atoms with Crippen LogP contribution >= 0.6 is 0 Å². The number of hydrogen-bond acceptors (Lipinski definition) is 7. The van der Waals surface area contributed by atoms with Crippen molar-refractivity contribution in [3.63, 3.8) is 0 Å². The third-order valence-corrected chi connectivity index (χ3v) is 3.85. The molecule has 0 aliphatic rings. The summed E-state index contributed by atoms with van der Waals surface area (Å²) < 4.78 is 10.6. The normalized spacial score (nSPS) is 11.4. The van der Waals surface area contributed by atoms with Gasteiger partial charge in [-0.3, -0.25) is 9.59 Å². The largest absolute Gasteiger partial charge is 0.496 e. The Morgan fingerprint density at radius 1 is 0.875 bits per heavy atom. The molecular weight excluding hydrogens is 414 g/mol. The molecule has 0 heterocycles. The molecule has 0 aliphatic heterocycles. The van der Waals surface area contributed by atoms with Crippen LogP contribution in [-0.2, 0) is 9.59 Å². The first-order valence-corrected chi connectivity index (χ1v) is 9.39. The van der Waals surface area contributed by atoms with E-state index in [0.717, 1.165) is 0 Å². The summed E-state index contributed by atoms with van der Waals surface area (Å²) in [6.07, 6.45) is 2.95. The molecule has 0 atom stereocenters. The molecule has 0 unspecified atom stereocenters. The number of carbonyl (C=O) groups excluding carboxylic acids is 2. The Labute approximate surface area is 185 Å². The maximum absolute atomic E-state index is 11.2. The standard InChI is InChI=1S/C21H25N7O4/c1-13(29)25-17-7-5-15(19(9-17)31-3)11-23-27-21(22)28-24-12-16-6-8-18(26-14(2)30)10-20(16)32-4/h5-12H,1-4H3,(H,25,29)(H,26,30)(H3,22,27,28)/b23-11+,24-12+. The molecule has 5 N–H and O–H groups in total. The molecule has 0 bridgehead atoms. The van der Waals surface area contributed by atoms with Crippen molar-refractivity contribution < 1.29 is 19.1 Å². The molecule has 11 nitrogen and oxygen atoms in total. The Hall–Kier alpha value is -4.41. The molecular formula is C21H25N7O4. The van der Waals surface area contributed by atoms with Gasteiger partial charge in [-0.25, -0.2) is 5.43 Å². The number of hydrazone groups is 1. The molecule has 2 amide bonds. The van der Waals surface area contributed by atoms with Gasteiger partial charge in [0.15, 0.2) is 0 Å². The van der Waals surface area contributed by atoms with Crippen LogP contribution in [0.1, 0.15) is 25.0 Å². The third kappa shape index (κ3) is 7.44. The number of amides is 2. The first-order valence-electron chi connectivity index (χ1n) is 9.39. The van der Waals surface area contributed by atoms with Crippen LogP contribution in [0.4, 0.5) is 11.4 Å². The van der Waals surface area contributed by atoms with Gasteiger partial charge in [-0.15, -0.1) is 5.10 Å². The highest BCUT2D eigenvalue weighted by Gasteiger charge is 2.05. The van der Waals surface area contributed by atoms with Crippen LogP contribution in [0.15, 0.2) is 51.7 Å². The Balaban J connectivity index is 2.02. The van der Waals surface area contributed by atoms with E-state index in [0.29, 0.717) is 34.0 Å². The fourth-order valence-corrected chi connectivity index (χ4v) is 2.54. The van der Waals surface area contributed by atoms with Gasteiger partial charge < -0.3 is 25.8 Å². The number of nitrogens with zero attached hydrogens (tertiary/aromatic N) is 3. The van der Waals surface area contributed by atoms with E-state index in [2.05, 4.69) is 31.4 Å². The highest BCUT2D eigenvalue weighted by molar-refractivity contribution is 5.92. The third-order valence-electron chi connectivity index (χ3n) is 3.85. The summed E-state index contributed by atoms with van der Waals surface area (Å²) >= 11 is 0. The lowest BCUT2D eigenvalue weighted by Crippen LogP contribution is -2.26. The molecule has 0 spiro atoms. The predicted molar refractivity (Wildman–Crippen MR) is 125 cm³/mol. The lowest BCUT2D eigenvalue weighted by molar-refractivity contribution is -0.115. The smallest absolute Gasteiger partial charge is 0.234 e. The highest BCUT2D eigenvalue weighted by atomic mass is 16.5. The van der Waals surface area contributed by atoms with E-state index in [4.69, 9.17) is 15.2 Å². The fraction of sp³-hybridized carbons (Fsp3) is 0.190.